The minimum absolute atomic E-state index is 0.977. The van der Waals surface area contributed by atoms with Crippen LogP contribution in [0.3, 0.4) is 0 Å². The Morgan fingerprint density at radius 1 is 0.615 bits per heavy atom. The Morgan fingerprint density at radius 2 is 1.08 bits per heavy atom. The third-order valence-corrected chi connectivity index (χ3v) is 5.20. The van der Waals surface area contributed by atoms with Gasteiger partial charge < -0.3 is 4.90 Å². The predicted octanol–water partition coefficient (Wildman–Crippen LogP) is 6.48. The lowest BCUT2D eigenvalue weighted by atomic mass is 10.2. The summed E-state index contributed by atoms with van der Waals surface area (Å²) < 4.78 is 1.11. The maximum absolute atomic E-state index is 5.24. The van der Waals surface area contributed by atoms with Crippen LogP contribution < -0.4 is 0 Å². The molecule has 0 N–H and O–H groups in total. The first kappa shape index (κ1) is 25.4. The average molecular weight is 369 g/mol. The van der Waals surface area contributed by atoms with Crippen molar-refractivity contribution < 1.29 is 4.48 Å². The summed E-state index contributed by atoms with van der Waals surface area (Å²) in [6.45, 7) is 21.0. The van der Waals surface area contributed by atoms with E-state index in [1.165, 1.54) is 96.5 Å². The van der Waals surface area contributed by atoms with Gasteiger partial charge in [-0.25, -0.2) is 4.99 Å². The van der Waals surface area contributed by atoms with Crippen LogP contribution in [0.25, 0.3) is 0 Å². The number of hydrogen-bond donors (Lipinski definition) is 0. The van der Waals surface area contributed by atoms with Gasteiger partial charge in [0.2, 0.25) is 0 Å². The smallest absolute Gasteiger partial charge is 0.300 e. The lowest BCUT2D eigenvalue weighted by Crippen LogP contribution is -2.61. The number of aliphatic imine (C=N–C) groups is 1. The minimum atomic E-state index is 0.977. The van der Waals surface area contributed by atoms with Gasteiger partial charge in [-0.2, -0.15) is 0 Å². The fourth-order valence-corrected chi connectivity index (χ4v) is 4.10. The molecular weight excluding hydrogens is 318 g/mol. The molecule has 3 heteroatoms. The van der Waals surface area contributed by atoms with Crippen molar-refractivity contribution in [2.45, 2.75) is 106 Å². The predicted molar refractivity (Wildman–Crippen MR) is 119 cm³/mol. The van der Waals surface area contributed by atoms with Crippen molar-refractivity contribution in [3.8, 4) is 0 Å². The molecule has 0 aliphatic carbocycles. The highest BCUT2D eigenvalue weighted by Crippen LogP contribution is 2.19. The normalized spacial score (nSPS) is 12.6. The van der Waals surface area contributed by atoms with E-state index in [0.717, 1.165) is 17.4 Å². The maximum Gasteiger partial charge on any atom is 0.300 e. The van der Waals surface area contributed by atoms with E-state index in [9.17, 15) is 0 Å². The van der Waals surface area contributed by atoms with Gasteiger partial charge in [-0.3, -0.25) is 4.48 Å². The SMILES string of the molecule is CCCCCN(CCCCC)C(=NCCC)[N+](CCC)(CCC)CCC. The summed E-state index contributed by atoms with van der Waals surface area (Å²) in [4.78, 5) is 7.94. The molecule has 0 heterocycles. The Labute approximate surface area is 165 Å². The average Bonchev–Trinajstić information content (AvgIpc) is 2.62. The van der Waals surface area contributed by atoms with Gasteiger partial charge in [-0.15, -0.1) is 0 Å². The Balaban J connectivity index is 5.69. The van der Waals surface area contributed by atoms with Crippen LogP contribution in [0.5, 0.6) is 0 Å². The molecule has 0 aliphatic heterocycles. The summed E-state index contributed by atoms with van der Waals surface area (Å²) in [7, 11) is 0. The van der Waals surface area contributed by atoms with Crippen molar-refractivity contribution in [1.29, 1.82) is 0 Å². The lowest BCUT2D eigenvalue weighted by molar-refractivity contribution is -0.847. The highest BCUT2D eigenvalue weighted by atomic mass is 15.5. The van der Waals surface area contributed by atoms with E-state index in [1.807, 2.05) is 0 Å². The topological polar surface area (TPSA) is 15.6 Å². The molecule has 0 amide bonds. The molecule has 0 fully saturated rings. The van der Waals surface area contributed by atoms with Gasteiger partial charge in [0, 0.05) is 19.6 Å². The summed E-state index contributed by atoms with van der Waals surface area (Å²) >= 11 is 0. The quantitative estimate of drug-likeness (QED) is 0.132. The van der Waals surface area contributed by atoms with Crippen molar-refractivity contribution >= 4 is 5.96 Å². The minimum Gasteiger partial charge on any atom is -0.311 e. The second kappa shape index (κ2) is 16.6. The third kappa shape index (κ3) is 9.39. The van der Waals surface area contributed by atoms with Crippen LogP contribution in [-0.4, -0.2) is 54.6 Å². The fourth-order valence-electron chi connectivity index (χ4n) is 4.10. The van der Waals surface area contributed by atoms with Crippen molar-refractivity contribution in [3.05, 3.63) is 0 Å². The lowest BCUT2D eigenvalue weighted by Gasteiger charge is -2.42. The molecule has 0 saturated carbocycles. The number of unbranched alkanes of at least 4 members (excludes halogenated alkanes) is 4. The molecule has 0 rings (SSSR count). The Morgan fingerprint density at radius 3 is 1.42 bits per heavy atom. The van der Waals surface area contributed by atoms with Gasteiger partial charge >= 0.3 is 0 Å². The van der Waals surface area contributed by atoms with Crippen molar-refractivity contribution in [1.82, 2.24) is 4.90 Å². The Bertz CT molecular complexity index is 311. The first-order chi connectivity index (χ1) is 12.7. The van der Waals surface area contributed by atoms with Crippen LogP contribution in [0.15, 0.2) is 4.99 Å². The standard InChI is InChI=1S/C23H50N3/c1-7-13-15-18-25(19-16-14-8-2)23(24-17-9-3)26(20-10-4,21-11-5)22-12-6/h7-22H2,1-6H3/q+1. The molecule has 0 aromatic carbocycles. The Hall–Kier alpha value is -0.570. The van der Waals surface area contributed by atoms with Crippen LogP contribution in [0.1, 0.15) is 106 Å². The first-order valence-corrected chi connectivity index (χ1v) is 11.8. The van der Waals surface area contributed by atoms with E-state index in [4.69, 9.17) is 4.99 Å². The maximum atomic E-state index is 5.24. The van der Waals surface area contributed by atoms with Gasteiger partial charge in [-0.1, -0.05) is 67.2 Å². The molecule has 156 valence electrons. The van der Waals surface area contributed by atoms with E-state index in [0.29, 0.717) is 0 Å². The van der Waals surface area contributed by atoms with E-state index in [-0.39, 0.29) is 0 Å². The van der Waals surface area contributed by atoms with Gasteiger partial charge in [0.1, 0.15) is 0 Å². The summed E-state index contributed by atoms with van der Waals surface area (Å²) in [6, 6.07) is 0. The van der Waals surface area contributed by atoms with Crippen LogP contribution in [0.4, 0.5) is 0 Å². The molecule has 0 aromatic rings. The number of hydrogen-bond acceptors (Lipinski definition) is 1. The number of quaternary nitrogens is 1. The zero-order chi connectivity index (χ0) is 19.7. The highest BCUT2D eigenvalue weighted by Gasteiger charge is 2.35. The molecule has 0 aliphatic rings. The molecule has 0 unspecified atom stereocenters. The van der Waals surface area contributed by atoms with Crippen molar-refractivity contribution in [3.63, 3.8) is 0 Å². The third-order valence-electron chi connectivity index (χ3n) is 5.20. The summed E-state index contributed by atoms with van der Waals surface area (Å²) in [5.74, 6) is 1.42. The van der Waals surface area contributed by atoms with Crippen molar-refractivity contribution in [2.75, 3.05) is 39.3 Å². The van der Waals surface area contributed by atoms with Gasteiger partial charge in [0.15, 0.2) is 0 Å². The molecule has 0 spiro atoms. The summed E-state index contributed by atoms with van der Waals surface area (Å²) in [5, 5.41) is 0. The summed E-state index contributed by atoms with van der Waals surface area (Å²) in [6.07, 6.45) is 12.7. The van der Waals surface area contributed by atoms with Crippen LogP contribution in [0.2, 0.25) is 0 Å². The number of rotatable bonds is 16. The zero-order valence-electron chi connectivity index (χ0n) is 19.2. The second-order valence-electron chi connectivity index (χ2n) is 7.90. The molecular formula is C23H50N3+. The van der Waals surface area contributed by atoms with Crippen LogP contribution in [0, 0.1) is 0 Å². The number of nitrogens with zero attached hydrogens (tertiary/aromatic N) is 3. The molecule has 0 radical (unpaired) electrons. The van der Waals surface area contributed by atoms with E-state index in [1.54, 1.807) is 0 Å². The molecule has 3 nitrogen and oxygen atoms in total. The van der Waals surface area contributed by atoms with Crippen LogP contribution >= 0.6 is 0 Å². The highest BCUT2D eigenvalue weighted by molar-refractivity contribution is 5.73. The first-order valence-electron chi connectivity index (χ1n) is 11.8. The monoisotopic (exact) mass is 368 g/mol. The van der Waals surface area contributed by atoms with Gasteiger partial charge in [-0.05, 0) is 38.5 Å². The summed E-state index contributed by atoms with van der Waals surface area (Å²) in [5.41, 5.74) is 0. The largest absolute Gasteiger partial charge is 0.311 e. The Kier molecular flexibility index (Phi) is 16.2. The zero-order valence-corrected chi connectivity index (χ0v) is 19.2. The van der Waals surface area contributed by atoms with Gasteiger partial charge in [0.05, 0.1) is 19.6 Å². The van der Waals surface area contributed by atoms with E-state index < -0.39 is 0 Å². The van der Waals surface area contributed by atoms with Gasteiger partial charge in [0.25, 0.3) is 5.96 Å². The van der Waals surface area contributed by atoms with Crippen molar-refractivity contribution in [2.24, 2.45) is 4.99 Å². The molecule has 0 bridgehead atoms. The van der Waals surface area contributed by atoms with Crippen LogP contribution in [-0.2, 0) is 0 Å². The molecule has 26 heavy (non-hydrogen) atoms. The molecule has 0 aromatic heterocycles. The van der Waals surface area contributed by atoms with E-state index >= 15 is 0 Å². The number of guanidine groups is 1. The van der Waals surface area contributed by atoms with E-state index in [2.05, 4.69) is 46.4 Å². The fraction of sp³-hybridized carbons (Fsp3) is 0.957. The molecule has 0 saturated heterocycles. The molecule has 0 atom stereocenters. The second-order valence-corrected chi connectivity index (χ2v) is 7.90.